The Morgan fingerprint density at radius 2 is 2.36 bits per heavy atom. The van der Waals surface area contributed by atoms with E-state index in [1.54, 1.807) is 6.07 Å². The van der Waals surface area contributed by atoms with Crippen molar-refractivity contribution in [1.82, 2.24) is 0 Å². The van der Waals surface area contributed by atoms with Crippen LogP contribution < -0.4 is 0 Å². The molecule has 0 atom stereocenters. The third-order valence-electron chi connectivity index (χ3n) is 1.06. The average molecular weight is 170 g/mol. The zero-order chi connectivity index (χ0) is 8.10. The molecular formula is C6H6N2O2S. The topological polar surface area (TPSA) is 65.2 Å². The highest BCUT2D eigenvalue weighted by atomic mass is 32.1. The van der Waals surface area contributed by atoms with Crippen LogP contribution in [0.4, 0.5) is 0 Å². The molecule has 0 radical (unpaired) electrons. The van der Waals surface area contributed by atoms with Gasteiger partial charge in [-0.1, -0.05) is 16.4 Å². The van der Waals surface area contributed by atoms with Gasteiger partial charge in [-0.15, -0.1) is 11.3 Å². The van der Waals surface area contributed by atoms with E-state index in [2.05, 4.69) is 10.3 Å². The quantitative estimate of drug-likeness (QED) is 0.400. The molecule has 5 heteroatoms. The summed E-state index contributed by atoms with van der Waals surface area (Å²) < 4.78 is 0. The highest BCUT2D eigenvalue weighted by Crippen LogP contribution is 2.08. The van der Waals surface area contributed by atoms with E-state index in [0.29, 0.717) is 0 Å². The van der Waals surface area contributed by atoms with Gasteiger partial charge < -0.3 is 10.4 Å². The van der Waals surface area contributed by atoms with Crippen LogP contribution in [0.3, 0.4) is 0 Å². The van der Waals surface area contributed by atoms with E-state index < -0.39 is 0 Å². The first-order valence-corrected chi connectivity index (χ1v) is 3.70. The minimum atomic E-state index is 0.252. The molecule has 0 bridgehead atoms. The van der Waals surface area contributed by atoms with Crippen molar-refractivity contribution in [2.75, 3.05) is 0 Å². The molecule has 0 spiro atoms. The van der Waals surface area contributed by atoms with Gasteiger partial charge in [0.15, 0.2) is 0 Å². The van der Waals surface area contributed by atoms with Gasteiger partial charge >= 0.3 is 0 Å². The molecule has 0 aliphatic carbocycles. The molecule has 0 unspecified atom stereocenters. The van der Waals surface area contributed by atoms with Crippen molar-refractivity contribution in [3.63, 3.8) is 0 Å². The monoisotopic (exact) mass is 170 g/mol. The first kappa shape index (κ1) is 7.74. The highest BCUT2D eigenvalue weighted by Gasteiger charge is 2.00. The van der Waals surface area contributed by atoms with Crippen molar-refractivity contribution in [2.45, 2.75) is 0 Å². The molecule has 0 aliphatic rings. The largest absolute Gasteiger partial charge is 0.411 e. The van der Waals surface area contributed by atoms with Gasteiger partial charge in [-0.3, -0.25) is 0 Å². The number of rotatable bonds is 2. The van der Waals surface area contributed by atoms with E-state index in [1.807, 2.05) is 11.4 Å². The van der Waals surface area contributed by atoms with Crippen LogP contribution in [-0.4, -0.2) is 22.3 Å². The van der Waals surface area contributed by atoms with E-state index in [0.717, 1.165) is 11.1 Å². The van der Waals surface area contributed by atoms with Crippen LogP contribution in [0.5, 0.6) is 0 Å². The van der Waals surface area contributed by atoms with Gasteiger partial charge in [-0.05, 0) is 11.4 Å². The van der Waals surface area contributed by atoms with Gasteiger partial charge in [0.2, 0.25) is 0 Å². The lowest BCUT2D eigenvalue weighted by molar-refractivity contribution is 0.316. The second kappa shape index (κ2) is 3.72. The minimum Gasteiger partial charge on any atom is -0.411 e. The maximum atomic E-state index is 8.42. The summed E-state index contributed by atoms with van der Waals surface area (Å²) in [5, 5.41) is 24.1. The summed E-state index contributed by atoms with van der Waals surface area (Å²) in [6.45, 7) is 0. The number of thiophene rings is 1. The molecule has 0 saturated heterocycles. The normalized spacial score (nSPS) is 12.5. The molecular weight excluding hydrogens is 164 g/mol. The number of hydrogen-bond donors (Lipinski definition) is 2. The predicted octanol–water partition coefficient (Wildman–Crippen LogP) is 1.39. The smallest absolute Gasteiger partial charge is 0.141 e. The molecule has 0 saturated carbocycles. The van der Waals surface area contributed by atoms with E-state index >= 15 is 0 Å². The van der Waals surface area contributed by atoms with Gasteiger partial charge in [0.1, 0.15) is 5.71 Å². The lowest BCUT2D eigenvalue weighted by Crippen LogP contribution is -1.98. The number of oxime groups is 2. The lowest BCUT2D eigenvalue weighted by atomic mass is 10.3. The summed E-state index contributed by atoms with van der Waals surface area (Å²) in [6, 6.07) is 3.58. The Morgan fingerprint density at radius 1 is 1.55 bits per heavy atom. The van der Waals surface area contributed by atoms with E-state index in [1.165, 1.54) is 11.3 Å². The van der Waals surface area contributed by atoms with Crippen molar-refractivity contribution in [3.8, 4) is 0 Å². The molecule has 0 aromatic carbocycles. The molecule has 11 heavy (non-hydrogen) atoms. The molecule has 0 amide bonds. The Kier molecular flexibility index (Phi) is 2.62. The first-order valence-electron chi connectivity index (χ1n) is 2.82. The summed E-state index contributed by atoms with van der Waals surface area (Å²) in [6.07, 6.45) is 1.08. The SMILES string of the molecule is ON=CC(=NO)c1cccs1. The zero-order valence-corrected chi connectivity index (χ0v) is 6.32. The molecule has 58 valence electrons. The van der Waals surface area contributed by atoms with Crippen LogP contribution in [0.15, 0.2) is 27.8 Å². The predicted molar refractivity (Wildman–Crippen MR) is 42.9 cm³/mol. The minimum absolute atomic E-state index is 0.252. The maximum absolute atomic E-state index is 8.42. The Labute approximate surface area is 67.1 Å². The maximum Gasteiger partial charge on any atom is 0.141 e. The van der Waals surface area contributed by atoms with Gasteiger partial charge in [-0.25, -0.2) is 0 Å². The molecule has 1 aromatic heterocycles. The van der Waals surface area contributed by atoms with Gasteiger partial charge in [0.25, 0.3) is 0 Å². The molecule has 4 nitrogen and oxygen atoms in total. The fourth-order valence-corrected chi connectivity index (χ4v) is 1.29. The molecule has 1 heterocycles. The van der Waals surface area contributed by atoms with Crippen molar-refractivity contribution < 1.29 is 10.4 Å². The average Bonchev–Trinajstić information content (AvgIpc) is 2.52. The number of hydrogen-bond acceptors (Lipinski definition) is 5. The second-order valence-corrected chi connectivity index (χ2v) is 2.65. The van der Waals surface area contributed by atoms with Crippen LogP contribution in [0, 0.1) is 0 Å². The lowest BCUT2D eigenvalue weighted by Gasteiger charge is -1.88. The van der Waals surface area contributed by atoms with Crippen LogP contribution in [0.2, 0.25) is 0 Å². The molecule has 2 N–H and O–H groups in total. The van der Waals surface area contributed by atoms with Gasteiger partial charge in [-0.2, -0.15) is 0 Å². The second-order valence-electron chi connectivity index (χ2n) is 1.71. The summed E-state index contributed by atoms with van der Waals surface area (Å²) in [5.74, 6) is 0. The first-order chi connectivity index (χ1) is 5.38. The molecule has 1 rings (SSSR count). The van der Waals surface area contributed by atoms with E-state index in [-0.39, 0.29) is 5.71 Å². The Morgan fingerprint density at radius 3 is 2.82 bits per heavy atom. The molecule has 1 aromatic rings. The summed E-state index contributed by atoms with van der Waals surface area (Å²) in [4.78, 5) is 0.755. The Balaban J connectivity index is 2.89. The van der Waals surface area contributed by atoms with Crippen molar-refractivity contribution >= 4 is 23.3 Å². The van der Waals surface area contributed by atoms with Crippen molar-refractivity contribution in [2.24, 2.45) is 10.3 Å². The highest BCUT2D eigenvalue weighted by molar-refractivity contribution is 7.12. The third kappa shape index (κ3) is 1.78. The zero-order valence-electron chi connectivity index (χ0n) is 5.51. The standard InChI is InChI=1S/C6H6N2O2S/c9-7-4-5(8-10)6-2-1-3-11-6/h1-4,9-10H. The Bertz CT molecular complexity index is 266. The third-order valence-corrected chi connectivity index (χ3v) is 1.95. The van der Waals surface area contributed by atoms with Crippen molar-refractivity contribution in [3.05, 3.63) is 22.4 Å². The van der Waals surface area contributed by atoms with Crippen LogP contribution >= 0.6 is 11.3 Å². The van der Waals surface area contributed by atoms with Crippen LogP contribution in [-0.2, 0) is 0 Å². The summed E-state index contributed by atoms with van der Waals surface area (Å²) in [7, 11) is 0. The molecule has 0 aliphatic heterocycles. The van der Waals surface area contributed by atoms with Crippen LogP contribution in [0.1, 0.15) is 4.88 Å². The van der Waals surface area contributed by atoms with Gasteiger partial charge in [0.05, 0.1) is 11.1 Å². The van der Waals surface area contributed by atoms with Crippen LogP contribution in [0.25, 0.3) is 0 Å². The molecule has 0 fully saturated rings. The summed E-state index contributed by atoms with van der Waals surface area (Å²) >= 11 is 1.40. The fourth-order valence-electron chi connectivity index (χ4n) is 0.618. The van der Waals surface area contributed by atoms with Gasteiger partial charge in [0, 0.05) is 0 Å². The number of nitrogens with zero attached hydrogens (tertiary/aromatic N) is 2. The Hall–Kier alpha value is -1.36. The van der Waals surface area contributed by atoms with E-state index in [4.69, 9.17) is 10.4 Å². The van der Waals surface area contributed by atoms with E-state index in [9.17, 15) is 0 Å². The fraction of sp³-hybridized carbons (Fsp3) is 0. The summed E-state index contributed by atoms with van der Waals surface area (Å²) in [5.41, 5.74) is 0.252. The van der Waals surface area contributed by atoms with Crippen molar-refractivity contribution in [1.29, 1.82) is 0 Å².